The zero-order valence-electron chi connectivity index (χ0n) is 17.8. The van der Waals surface area contributed by atoms with E-state index in [9.17, 15) is 19.7 Å². The van der Waals surface area contributed by atoms with Crippen LogP contribution in [-0.4, -0.2) is 72.9 Å². The van der Waals surface area contributed by atoms with Gasteiger partial charge in [0.25, 0.3) is 17.5 Å². The Bertz CT molecular complexity index is 992. The summed E-state index contributed by atoms with van der Waals surface area (Å²) in [7, 11) is 2.11. The van der Waals surface area contributed by atoms with Crippen LogP contribution in [0.2, 0.25) is 5.02 Å². The van der Waals surface area contributed by atoms with Gasteiger partial charge in [-0.2, -0.15) is 0 Å². The van der Waals surface area contributed by atoms with Crippen LogP contribution in [0, 0.1) is 10.1 Å². The normalized spacial score (nSPS) is 14.7. The van der Waals surface area contributed by atoms with Gasteiger partial charge in [0.05, 0.1) is 26.8 Å². The van der Waals surface area contributed by atoms with E-state index in [1.54, 1.807) is 24.3 Å². The number of likely N-dealkylation sites (N-methyl/N-ethyl adjacent to an activating group) is 1. The lowest BCUT2D eigenvalue weighted by atomic mass is 10.1. The van der Waals surface area contributed by atoms with Crippen molar-refractivity contribution in [3.63, 3.8) is 0 Å². The van der Waals surface area contributed by atoms with Crippen molar-refractivity contribution in [2.24, 2.45) is 0 Å². The van der Waals surface area contributed by atoms with Crippen molar-refractivity contribution in [3.05, 3.63) is 68.7 Å². The molecular weight excluding hydrogens is 434 g/mol. The summed E-state index contributed by atoms with van der Waals surface area (Å²) in [6.07, 6.45) is 0.836. The van der Waals surface area contributed by atoms with Crippen LogP contribution in [0.4, 0.5) is 11.4 Å². The molecule has 0 radical (unpaired) electrons. The van der Waals surface area contributed by atoms with Gasteiger partial charge in [0.1, 0.15) is 0 Å². The molecule has 0 aliphatic carbocycles. The van der Waals surface area contributed by atoms with Gasteiger partial charge in [-0.05, 0) is 38.2 Å². The van der Waals surface area contributed by atoms with Crippen molar-refractivity contribution in [3.8, 4) is 0 Å². The third-order valence-electron chi connectivity index (χ3n) is 5.36. The van der Waals surface area contributed by atoms with Gasteiger partial charge in [-0.25, -0.2) is 0 Å². The van der Waals surface area contributed by atoms with Gasteiger partial charge in [-0.15, -0.1) is 0 Å². The van der Waals surface area contributed by atoms with Gasteiger partial charge >= 0.3 is 0 Å². The molecule has 1 saturated heterocycles. The zero-order valence-corrected chi connectivity index (χ0v) is 18.6. The number of nitrogens with one attached hydrogen (secondary N) is 2. The summed E-state index contributed by atoms with van der Waals surface area (Å²) < 4.78 is 0. The molecule has 1 fully saturated rings. The summed E-state index contributed by atoms with van der Waals surface area (Å²) in [6.45, 7) is 5.62. The Kier molecular flexibility index (Phi) is 8.15. The summed E-state index contributed by atoms with van der Waals surface area (Å²) >= 11 is 6.04. The molecule has 0 aromatic heterocycles. The minimum atomic E-state index is -0.586. The lowest BCUT2D eigenvalue weighted by Gasteiger charge is -2.32. The number of amides is 2. The largest absolute Gasteiger partial charge is 0.352 e. The van der Waals surface area contributed by atoms with E-state index in [-0.39, 0.29) is 22.2 Å². The zero-order chi connectivity index (χ0) is 23.1. The Morgan fingerprint density at radius 3 is 2.47 bits per heavy atom. The van der Waals surface area contributed by atoms with Gasteiger partial charge in [-0.3, -0.25) is 19.7 Å². The number of carbonyl (C=O) groups excluding carboxylic acids is 2. The molecule has 1 heterocycles. The van der Waals surface area contributed by atoms with Crippen LogP contribution >= 0.6 is 11.6 Å². The molecule has 0 bridgehead atoms. The molecule has 1 aliphatic rings. The Morgan fingerprint density at radius 2 is 1.78 bits per heavy atom. The number of benzene rings is 2. The summed E-state index contributed by atoms with van der Waals surface area (Å²) in [4.78, 5) is 40.3. The maximum atomic E-state index is 12.7. The highest BCUT2D eigenvalue weighted by Gasteiger charge is 2.18. The number of piperazine rings is 1. The second-order valence-electron chi connectivity index (χ2n) is 7.68. The molecule has 10 heteroatoms. The van der Waals surface area contributed by atoms with Crippen molar-refractivity contribution in [2.75, 3.05) is 51.6 Å². The summed E-state index contributed by atoms with van der Waals surface area (Å²) in [5, 5.41) is 16.4. The van der Waals surface area contributed by atoms with E-state index in [1.165, 1.54) is 12.1 Å². The predicted molar refractivity (Wildman–Crippen MR) is 123 cm³/mol. The van der Waals surface area contributed by atoms with E-state index in [1.807, 2.05) is 0 Å². The molecule has 1 aliphatic heterocycles. The Labute approximate surface area is 191 Å². The van der Waals surface area contributed by atoms with Gasteiger partial charge in [0.2, 0.25) is 0 Å². The first-order chi connectivity index (χ1) is 15.3. The van der Waals surface area contributed by atoms with E-state index >= 15 is 0 Å². The smallest absolute Gasteiger partial charge is 0.270 e. The number of hydrogen-bond donors (Lipinski definition) is 2. The molecule has 9 nitrogen and oxygen atoms in total. The topological polar surface area (TPSA) is 108 Å². The maximum absolute atomic E-state index is 12.7. The van der Waals surface area contributed by atoms with E-state index in [2.05, 4.69) is 27.5 Å². The molecule has 0 spiro atoms. The number of rotatable bonds is 8. The van der Waals surface area contributed by atoms with Gasteiger partial charge in [0.15, 0.2) is 0 Å². The second-order valence-corrected chi connectivity index (χ2v) is 8.08. The molecule has 2 amide bonds. The van der Waals surface area contributed by atoms with Crippen molar-refractivity contribution >= 4 is 34.8 Å². The number of nitro benzene ring substituents is 1. The average molecular weight is 460 g/mol. The molecular formula is C22H26ClN5O4. The Morgan fingerprint density at radius 1 is 1.06 bits per heavy atom. The quantitative estimate of drug-likeness (QED) is 0.357. The lowest BCUT2D eigenvalue weighted by Crippen LogP contribution is -2.45. The standard InChI is InChI=1S/C22H26ClN5O4/c1-26-11-13-27(14-12-26)10-4-9-24-21(29)18-5-2-3-6-20(18)25-22(30)17-8-7-16(28(31)32)15-19(17)23/h2-3,5-8,15H,4,9-14H2,1H3,(H,24,29)(H,25,30). The molecule has 2 aromatic carbocycles. The summed E-state index contributed by atoms with van der Waals surface area (Å²) in [5.41, 5.74) is 0.546. The van der Waals surface area contributed by atoms with Crippen LogP contribution in [0.1, 0.15) is 27.1 Å². The van der Waals surface area contributed by atoms with Gasteiger partial charge in [-0.1, -0.05) is 23.7 Å². The van der Waals surface area contributed by atoms with E-state index in [0.29, 0.717) is 17.8 Å². The second kappa shape index (κ2) is 11.0. The number of halogens is 1. The van der Waals surface area contributed by atoms with Crippen LogP contribution in [-0.2, 0) is 0 Å². The highest BCUT2D eigenvalue weighted by atomic mass is 35.5. The molecule has 2 aromatic rings. The SMILES string of the molecule is CN1CCN(CCCNC(=O)c2ccccc2NC(=O)c2ccc([N+](=O)[O-])cc2Cl)CC1. The fourth-order valence-corrected chi connectivity index (χ4v) is 3.71. The number of nitrogens with zero attached hydrogens (tertiary/aromatic N) is 3. The highest BCUT2D eigenvalue weighted by molar-refractivity contribution is 6.34. The number of non-ortho nitro benzene ring substituents is 1. The van der Waals surface area contributed by atoms with Crippen LogP contribution in [0.5, 0.6) is 0 Å². The maximum Gasteiger partial charge on any atom is 0.270 e. The van der Waals surface area contributed by atoms with Crippen LogP contribution in [0.25, 0.3) is 0 Å². The van der Waals surface area contributed by atoms with E-state index in [4.69, 9.17) is 11.6 Å². The van der Waals surface area contributed by atoms with Crippen LogP contribution in [0.15, 0.2) is 42.5 Å². The average Bonchev–Trinajstić information content (AvgIpc) is 2.78. The Balaban J connectivity index is 1.57. The monoisotopic (exact) mass is 459 g/mol. The Hall–Kier alpha value is -3.01. The lowest BCUT2D eigenvalue weighted by molar-refractivity contribution is -0.384. The first-order valence-electron chi connectivity index (χ1n) is 10.4. The number of para-hydroxylation sites is 1. The minimum Gasteiger partial charge on any atom is -0.352 e. The van der Waals surface area contributed by atoms with E-state index < -0.39 is 10.8 Å². The number of nitro groups is 1. The molecule has 0 saturated carbocycles. The molecule has 0 unspecified atom stereocenters. The first-order valence-corrected chi connectivity index (χ1v) is 10.8. The van der Waals surface area contributed by atoms with Gasteiger partial charge in [0, 0.05) is 44.9 Å². The van der Waals surface area contributed by atoms with Crippen molar-refractivity contribution in [1.29, 1.82) is 0 Å². The molecule has 2 N–H and O–H groups in total. The number of hydrogen-bond acceptors (Lipinski definition) is 6. The first kappa shape index (κ1) is 23.6. The number of anilines is 1. The molecule has 170 valence electrons. The fraction of sp³-hybridized carbons (Fsp3) is 0.364. The number of carbonyl (C=O) groups is 2. The van der Waals surface area contributed by atoms with Crippen molar-refractivity contribution in [2.45, 2.75) is 6.42 Å². The van der Waals surface area contributed by atoms with Crippen LogP contribution < -0.4 is 10.6 Å². The fourth-order valence-electron chi connectivity index (χ4n) is 3.45. The van der Waals surface area contributed by atoms with E-state index in [0.717, 1.165) is 45.2 Å². The summed E-state index contributed by atoms with van der Waals surface area (Å²) in [5.74, 6) is -0.839. The highest BCUT2D eigenvalue weighted by Crippen LogP contribution is 2.24. The molecule has 3 rings (SSSR count). The van der Waals surface area contributed by atoms with Crippen molar-refractivity contribution < 1.29 is 14.5 Å². The van der Waals surface area contributed by atoms with Crippen LogP contribution in [0.3, 0.4) is 0 Å². The van der Waals surface area contributed by atoms with Crippen molar-refractivity contribution in [1.82, 2.24) is 15.1 Å². The predicted octanol–water partition coefficient (Wildman–Crippen LogP) is 2.87. The summed E-state index contributed by atoms with van der Waals surface area (Å²) in [6, 6.07) is 10.3. The molecule has 0 atom stereocenters. The van der Waals surface area contributed by atoms with Gasteiger partial charge < -0.3 is 20.4 Å². The third kappa shape index (κ3) is 6.25. The third-order valence-corrected chi connectivity index (χ3v) is 5.67. The molecule has 32 heavy (non-hydrogen) atoms. The minimum absolute atomic E-state index is 0.0393.